The molecule has 8 N–H and O–H groups in total. The molecule has 1 saturated heterocycles. The number of carbonyl (C=O) groups is 11. The first-order valence-electron chi connectivity index (χ1n) is 52.7. The van der Waals surface area contributed by atoms with Crippen LogP contribution in [0.15, 0.2) is 30.3 Å². The summed E-state index contributed by atoms with van der Waals surface area (Å²) < 4.78 is 109. The highest BCUT2D eigenvalue weighted by molar-refractivity contribution is 7.54. The Bertz CT molecular complexity index is 3720. The third-order valence-corrected chi connectivity index (χ3v) is 23.6. The standard InChI is InChI=1S/C20H36O6.C15H21NO4.C12H22O4.C10H19NO3.C10H18O2.2C7H17O3P.C7H14O2.C6H15O3P.C6H12O3.5C2H6/c1-8-16-13(2)17(25-15(4)21)14(3)18(26-16)23-11-9-10-12-24-19(22)20(5,6)7;1-15(2,3)14(18)20-10-19-13(17)12(16)9-11-7-5-4-6-8-11;1-8(2)9(3)10(13)15-7-16-11(14)12(4,5)6;1-7(11)8(12)5-6-14-9(13)10(2,3)4;1-10(2,3)9(11)12-8-6-4-5-7-8;2*1-5-6-10-11(8,9)7(2,3)4;1-5-9-6(8)7(2,3)4;1-6(2,3)5-9-10(4,7)8;1-6(2,3)4-9-5(7)8;5*1-2/h13-14,16-18H,8-12H2,1-7H3;4-8,12H,9-10,16H2,1-3H3;8-9H,7H2,1-6H3;7H,5-6,11H2,1-4H3;8H,4-7H2,1-3H3;2*5-6H2,1-4H3,(H,8,9);5H2,1-4H3;5H2,1-4H3,(H,7,8);4H2,1-3H3,(H,7,8);5*1-2H3/t13-,14?,16?,17+,18-;;;;;;;;;;;;;;/m1............../s1. The van der Waals surface area contributed by atoms with E-state index < -0.39 is 98.0 Å². The molecule has 1 heterocycles. The van der Waals surface area contributed by atoms with Crippen LogP contribution in [0.25, 0.3) is 0 Å². The highest BCUT2D eigenvalue weighted by atomic mass is 31.2. The molecular weight excluding hydrogens is 1970 g/mol. The van der Waals surface area contributed by atoms with Crippen molar-refractivity contribution < 1.29 is 157 Å². The van der Waals surface area contributed by atoms with Crippen molar-refractivity contribution in [2.75, 3.05) is 73.1 Å². The molecule has 0 spiro atoms. The summed E-state index contributed by atoms with van der Waals surface area (Å²) in [7, 11) is -10.0. The molecular formula is C110H221N2O33P3. The quantitative estimate of drug-likeness (QED) is 0.0128. The molecule has 38 heteroatoms. The maximum absolute atomic E-state index is 11.7. The summed E-state index contributed by atoms with van der Waals surface area (Å²) in [5, 5.41) is 6.73. The van der Waals surface area contributed by atoms with Gasteiger partial charge in [0.1, 0.15) is 18.2 Å². The lowest BCUT2D eigenvalue weighted by Gasteiger charge is -2.43. The number of ether oxygens (including phenoxy) is 12. The maximum atomic E-state index is 11.7. The second-order valence-electron chi connectivity index (χ2n) is 44.8. The van der Waals surface area contributed by atoms with E-state index in [1.165, 1.54) is 26.4 Å². The zero-order valence-electron chi connectivity index (χ0n) is 103. The summed E-state index contributed by atoms with van der Waals surface area (Å²) >= 11 is 0. The minimum absolute atomic E-state index is 0.00768. The molecule has 884 valence electrons. The van der Waals surface area contributed by atoms with Crippen LogP contribution in [0.4, 0.5) is 4.79 Å². The zero-order chi connectivity index (χ0) is 120. The number of unbranched alkanes of at least 4 members (excludes halogenated alkanes) is 1. The van der Waals surface area contributed by atoms with Gasteiger partial charge in [-0.1, -0.05) is 197 Å². The number of benzene rings is 1. The lowest BCUT2D eigenvalue weighted by atomic mass is 9.84. The molecule has 1 aliphatic carbocycles. The number of hydrogen-bond acceptors (Lipinski definition) is 31. The summed E-state index contributed by atoms with van der Waals surface area (Å²) in [4.78, 5) is 151. The number of carboxylic acid groups (broad SMARTS) is 1. The van der Waals surface area contributed by atoms with Gasteiger partial charge in [-0.15, -0.1) is 0 Å². The van der Waals surface area contributed by atoms with Gasteiger partial charge in [0.15, 0.2) is 12.1 Å². The van der Waals surface area contributed by atoms with Crippen LogP contribution in [0.3, 0.4) is 0 Å². The van der Waals surface area contributed by atoms with Crippen molar-refractivity contribution in [2.45, 2.75) is 471 Å². The molecule has 3 rings (SSSR count). The molecule has 1 saturated carbocycles. The number of ketones is 1. The number of rotatable bonds is 32. The number of nitrogens with two attached hydrogens (primary N) is 2. The van der Waals surface area contributed by atoms with Crippen LogP contribution >= 0.6 is 22.8 Å². The molecule has 35 nitrogen and oxygen atoms in total. The van der Waals surface area contributed by atoms with E-state index in [0.717, 1.165) is 50.5 Å². The Hall–Kier alpha value is -6.32. The molecule has 11 atom stereocenters. The fraction of sp³-hybridized carbons (Fsp3) is 0.845. The van der Waals surface area contributed by atoms with Gasteiger partial charge in [0, 0.05) is 38.5 Å². The topological polar surface area (TPSA) is 510 Å². The molecule has 0 radical (unpaired) electrons. The summed E-state index contributed by atoms with van der Waals surface area (Å²) in [6.45, 7) is 97.9. The van der Waals surface area contributed by atoms with Gasteiger partial charge in [-0.3, -0.25) is 61.6 Å². The van der Waals surface area contributed by atoms with Gasteiger partial charge in [0.2, 0.25) is 13.6 Å². The van der Waals surface area contributed by atoms with Gasteiger partial charge in [-0.2, -0.15) is 0 Å². The maximum Gasteiger partial charge on any atom is 0.505 e. The number of hydrogen-bond donors (Lipinski definition) is 6. The summed E-state index contributed by atoms with van der Waals surface area (Å²) in [6, 6.07) is 8.14. The van der Waals surface area contributed by atoms with Gasteiger partial charge in [-0.05, 0) is 267 Å². The Morgan fingerprint density at radius 2 is 0.791 bits per heavy atom. The smallest absolute Gasteiger partial charge is 0.466 e. The Labute approximate surface area is 898 Å². The van der Waals surface area contributed by atoms with E-state index in [4.69, 9.17) is 87.1 Å². The third kappa shape index (κ3) is 97.9. The van der Waals surface area contributed by atoms with Crippen molar-refractivity contribution in [1.29, 1.82) is 0 Å². The molecule has 8 unspecified atom stereocenters. The number of Topliss-reactive ketones (excluding diaryl/α,β-unsaturated/α-hetero) is 1. The predicted molar refractivity (Wildman–Crippen MR) is 594 cm³/mol. The van der Waals surface area contributed by atoms with Crippen molar-refractivity contribution in [3.8, 4) is 0 Å². The fourth-order valence-corrected chi connectivity index (χ4v) is 11.3. The van der Waals surface area contributed by atoms with Gasteiger partial charge in [0.25, 0.3) is 0 Å². The summed E-state index contributed by atoms with van der Waals surface area (Å²) in [6.07, 6.45) is 7.41. The largest absolute Gasteiger partial charge is 0.505 e. The Morgan fingerprint density at radius 3 is 1.08 bits per heavy atom. The second kappa shape index (κ2) is 86.0. The number of esters is 9. The van der Waals surface area contributed by atoms with Crippen LogP contribution in [0, 0.1) is 67.0 Å². The number of carbonyl (C=O) groups excluding carboxylic acids is 10. The first kappa shape index (κ1) is 167. The van der Waals surface area contributed by atoms with Crippen molar-refractivity contribution >= 4 is 88.4 Å². The second-order valence-corrected chi connectivity index (χ2v) is 51.9. The zero-order valence-corrected chi connectivity index (χ0v) is 105. The average Bonchev–Trinajstić information content (AvgIpc) is 0.807. The van der Waals surface area contributed by atoms with E-state index in [0.29, 0.717) is 46.1 Å². The van der Waals surface area contributed by atoms with Gasteiger partial charge in [0.05, 0.1) is 107 Å². The van der Waals surface area contributed by atoms with Gasteiger partial charge in [-0.25, -0.2) is 4.79 Å². The first-order chi connectivity index (χ1) is 67.0. The van der Waals surface area contributed by atoms with E-state index in [9.17, 15) is 76.2 Å². The Morgan fingerprint density at radius 1 is 0.439 bits per heavy atom. The normalized spacial score (nSPS) is 16.6. The average molecular weight is 2190 g/mol. The minimum atomic E-state index is -3.39. The minimum Gasteiger partial charge on any atom is -0.466 e. The SMILES string of the molecule is CC.CC.CC.CC.CC.CC(C)(C)C(=O)OC1CCCC1.CC(C)(C)C(=O)OCOC(=O)C(N)Cc1ccccc1.CC(C)(C)COC(=O)O.CC(C)(C)COP(C)(=O)O.CC(C)C(C)C(=O)OCOC(=O)C(C)(C)C.CC(N)C(=O)CCOC(=O)C(C)(C)C.CCC1O[C@@H](OCCCCOC(=O)C(C)(C)C)C(C)[C@@H](OC(C)=O)[C@@H]1C.CCCOP(=O)(O)C(C)(C)C.CCCOP(=O)(O)C(C)(C)C.CCOC(=O)C(C)(C)C. The molecule has 1 aliphatic heterocycles. The van der Waals surface area contributed by atoms with Crippen molar-refractivity contribution in [2.24, 2.45) is 78.5 Å². The molecule has 0 aromatic heterocycles. The van der Waals surface area contributed by atoms with Crippen LogP contribution in [0.2, 0.25) is 0 Å². The van der Waals surface area contributed by atoms with E-state index in [1.54, 1.807) is 118 Å². The Balaban J connectivity index is -0.000000140. The third-order valence-electron chi connectivity index (χ3n) is 18.5. The van der Waals surface area contributed by atoms with Crippen molar-refractivity contribution in [1.82, 2.24) is 0 Å². The van der Waals surface area contributed by atoms with Crippen LogP contribution in [0.1, 0.15) is 423 Å². The van der Waals surface area contributed by atoms with Crippen LogP contribution in [0.5, 0.6) is 0 Å². The lowest BCUT2D eigenvalue weighted by molar-refractivity contribution is -0.265. The van der Waals surface area contributed by atoms with E-state index in [-0.39, 0.29) is 138 Å². The Kier molecular flexibility index (Phi) is 96.9. The van der Waals surface area contributed by atoms with Crippen LogP contribution in [-0.2, 0) is 138 Å². The molecule has 0 amide bonds. The van der Waals surface area contributed by atoms with E-state index in [2.05, 4.69) is 18.6 Å². The predicted octanol–water partition coefficient (Wildman–Crippen LogP) is 26.2. The summed E-state index contributed by atoms with van der Waals surface area (Å²) in [5.74, 6) is -2.64. The molecule has 1 aromatic carbocycles. The highest BCUT2D eigenvalue weighted by Crippen LogP contribution is 2.56. The summed E-state index contributed by atoms with van der Waals surface area (Å²) in [5.41, 5.74) is 9.03. The lowest BCUT2D eigenvalue weighted by Crippen LogP contribution is -2.51. The molecule has 0 bridgehead atoms. The van der Waals surface area contributed by atoms with Gasteiger partial charge < -0.3 is 102 Å². The molecule has 148 heavy (non-hydrogen) atoms. The van der Waals surface area contributed by atoms with E-state index >= 15 is 0 Å². The van der Waals surface area contributed by atoms with Crippen molar-refractivity contribution in [3.05, 3.63) is 35.9 Å². The molecule has 2 fully saturated rings. The monoisotopic (exact) mass is 2190 g/mol. The highest BCUT2D eigenvalue weighted by Gasteiger charge is 2.44. The first-order valence-corrected chi connectivity index (χ1v) is 57.9. The molecule has 2 aliphatic rings. The fourth-order valence-electron chi connectivity index (χ4n) is 9.07. The van der Waals surface area contributed by atoms with Crippen LogP contribution < -0.4 is 11.5 Å². The van der Waals surface area contributed by atoms with Crippen LogP contribution in [-0.4, -0.2) is 206 Å². The van der Waals surface area contributed by atoms with Crippen molar-refractivity contribution in [3.63, 3.8) is 0 Å². The van der Waals surface area contributed by atoms with E-state index in [1.807, 2.05) is 245 Å². The molecule has 1 aromatic rings. The van der Waals surface area contributed by atoms with Gasteiger partial charge >= 0.3 is 82.7 Å².